The normalized spacial score (nSPS) is 12.9. The molecule has 0 spiro atoms. The van der Waals surface area contributed by atoms with Crippen LogP contribution in [0, 0.1) is 19.8 Å². The molecule has 0 aliphatic rings. The van der Waals surface area contributed by atoms with Gasteiger partial charge in [-0.15, -0.1) is 11.3 Å². The maximum atomic E-state index is 12.6. The summed E-state index contributed by atoms with van der Waals surface area (Å²) in [5, 5.41) is 7.27. The SMILES string of the molecule is Cc1ccc(C)c(NC(=O)[C@@H](C)OC(=O)[C@@H](NC(=O)c2cccs2)C(C)C)c1. The lowest BCUT2D eigenvalue weighted by Gasteiger charge is -2.23. The number of anilines is 1. The van der Waals surface area contributed by atoms with Crippen molar-refractivity contribution in [2.75, 3.05) is 5.32 Å². The monoisotopic (exact) mass is 402 g/mol. The minimum absolute atomic E-state index is 0.189. The number of carbonyl (C=O) groups excluding carboxylic acids is 3. The molecule has 0 fully saturated rings. The molecule has 2 N–H and O–H groups in total. The molecule has 0 saturated carbocycles. The Labute approximate surface area is 169 Å². The van der Waals surface area contributed by atoms with E-state index >= 15 is 0 Å². The molecule has 0 unspecified atom stereocenters. The quantitative estimate of drug-likeness (QED) is 0.692. The highest BCUT2D eigenvalue weighted by molar-refractivity contribution is 7.12. The van der Waals surface area contributed by atoms with Crippen LogP contribution in [0.2, 0.25) is 0 Å². The number of ether oxygens (including phenoxy) is 1. The fourth-order valence-corrected chi connectivity index (χ4v) is 3.15. The van der Waals surface area contributed by atoms with Crippen LogP contribution < -0.4 is 10.6 Å². The third-order valence-corrected chi connectivity index (χ3v) is 5.13. The molecular formula is C21H26N2O4S. The first-order valence-electron chi connectivity index (χ1n) is 9.12. The number of hydrogen-bond acceptors (Lipinski definition) is 5. The first-order valence-corrected chi connectivity index (χ1v) is 10.00. The lowest BCUT2D eigenvalue weighted by molar-refractivity contribution is -0.156. The lowest BCUT2D eigenvalue weighted by atomic mass is 10.0. The molecule has 6 nitrogen and oxygen atoms in total. The smallest absolute Gasteiger partial charge is 0.329 e. The molecule has 2 amide bonds. The second-order valence-electron chi connectivity index (χ2n) is 7.06. The van der Waals surface area contributed by atoms with Gasteiger partial charge < -0.3 is 15.4 Å². The minimum Gasteiger partial charge on any atom is -0.451 e. The van der Waals surface area contributed by atoms with Crippen molar-refractivity contribution in [1.29, 1.82) is 0 Å². The average molecular weight is 403 g/mol. The van der Waals surface area contributed by atoms with Crippen molar-refractivity contribution in [2.24, 2.45) is 5.92 Å². The Bertz CT molecular complexity index is 846. The van der Waals surface area contributed by atoms with Gasteiger partial charge >= 0.3 is 5.97 Å². The van der Waals surface area contributed by atoms with E-state index in [1.165, 1.54) is 18.3 Å². The highest BCUT2D eigenvalue weighted by Gasteiger charge is 2.29. The van der Waals surface area contributed by atoms with E-state index in [-0.39, 0.29) is 11.8 Å². The standard InChI is InChI=1S/C21H26N2O4S/c1-12(2)18(23-20(25)17-7-6-10-28-17)21(26)27-15(5)19(24)22-16-11-13(3)8-9-14(16)4/h6-12,15,18H,1-5H3,(H,22,24)(H,23,25)/t15-,18+/m1/s1. The molecule has 150 valence electrons. The van der Waals surface area contributed by atoms with E-state index in [9.17, 15) is 14.4 Å². The fraction of sp³-hybridized carbons (Fsp3) is 0.381. The third-order valence-electron chi connectivity index (χ3n) is 4.27. The highest BCUT2D eigenvalue weighted by Crippen LogP contribution is 2.17. The van der Waals surface area contributed by atoms with Gasteiger partial charge in [-0.25, -0.2) is 4.79 Å². The van der Waals surface area contributed by atoms with E-state index in [2.05, 4.69) is 10.6 Å². The van der Waals surface area contributed by atoms with Gasteiger partial charge in [0.15, 0.2) is 6.10 Å². The summed E-state index contributed by atoms with van der Waals surface area (Å²) in [5.74, 6) is -1.58. The number of nitrogens with one attached hydrogen (secondary N) is 2. The highest BCUT2D eigenvalue weighted by atomic mass is 32.1. The molecule has 1 aromatic carbocycles. The van der Waals surface area contributed by atoms with E-state index < -0.39 is 24.0 Å². The zero-order valence-corrected chi connectivity index (χ0v) is 17.6. The molecule has 7 heteroatoms. The molecule has 1 aromatic heterocycles. The largest absolute Gasteiger partial charge is 0.451 e. The third kappa shape index (κ3) is 5.66. The second-order valence-corrected chi connectivity index (χ2v) is 8.01. The summed E-state index contributed by atoms with van der Waals surface area (Å²) < 4.78 is 5.33. The van der Waals surface area contributed by atoms with Crippen LogP contribution in [-0.2, 0) is 14.3 Å². The number of carbonyl (C=O) groups is 3. The number of amides is 2. The molecular weight excluding hydrogens is 376 g/mol. The molecule has 0 bridgehead atoms. The lowest BCUT2D eigenvalue weighted by Crippen LogP contribution is -2.47. The summed E-state index contributed by atoms with van der Waals surface area (Å²) in [5.41, 5.74) is 2.61. The Kier molecular flexibility index (Phi) is 7.34. The van der Waals surface area contributed by atoms with Gasteiger partial charge in [-0.05, 0) is 55.3 Å². The van der Waals surface area contributed by atoms with Crippen LogP contribution in [0.4, 0.5) is 5.69 Å². The Hall–Kier alpha value is -2.67. The van der Waals surface area contributed by atoms with Crippen LogP contribution in [0.1, 0.15) is 41.6 Å². The average Bonchev–Trinajstić information content (AvgIpc) is 3.16. The van der Waals surface area contributed by atoms with E-state index in [4.69, 9.17) is 4.74 Å². The molecule has 2 aromatic rings. The zero-order chi connectivity index (χ0) is 20.8. The first-order chi connectivity index (χ1) is 13.2. The van der Waals surface area contributed by atoms with Crippen molar-refractivity contribution in [3.05, 3.63) is 51.7 Å². The molecule has 0 aliphatic heterocycles. The number of rotatable bonds is 7. The van der Waals surface area contributed by atoms with Crippen molar-refractivity contribution in [2.45, 2.75) is 46.8 Å². The van der Waals surface area contributed by atoms with Gasteiger partial charge in [0.2, 0.25) is 0 Å². The fourth-order valence-electron chi connectivity index (χ4n) is 2.52. The second kappa shape index (κ2) is 9.50. The summed E-state index contributed by atoms with van der Waals surface area (Å²) in [7, 11) is 0. The van der Waals surface area contributed by atoms with Crippen LogP contribution >= 0.6 is 11.3 Å². The van der Waals surface area contributed by atoms with Crippen molar-refractivity contribution in [1.82, 2.24) is 5.32 Å². The van der Waals surface area contributed by atoms with E-state index in [1.807, 2.05) is 45.9 Å². The van der Waals surface area contributed by atoms with Gasteiger partial charge in [-0.3, -0.25) is 9.59 Å². The van der Waals surface area contributed by atoms with Crippen molar-refractivity contribution < 1.29 is 19.1 Å². The van der Waals surface area contributed by atoms with Crippen LogP contribution in [0.3, 0.4) is 0 Å². The van der Waals surface area contributed by atoms with E-state index in [1.54, 1.807) is 17.5 Å². The van der Waals surface area contributed by atoms with Gasteiger partial charge in [0.05, 0.1) is 4.88 Å². The summed E-state index contributed by atoms with van der Waals surface area (Å²) in [6, 6.07) is 8.34. The number of esters is 1. The summed E-state index contributed by atoms with van der Waals surface area (Å²) in [4.78, 5) is 37.8. The van der Waals surface area contributed by atoms with E-state index in [0.717, 1.165) is 11.1 Å². The predicted molar refractivity (Wildman–Crippen MR) is 111 cm³/mol. The predicted octanol–water partition coefficient (Wildman–Crippen LogP) is 3.69. The Morgan fingerprint density at radius 2 is 1.79 bits per heavy atom. The number of thiophene rings is 1. The molecule has 0 radical (unpaired) electrons. The van der Waals surface area contributed by atoms with Gasteiger partial charge in [0.1, 0.15) is 6.04 Å². The van der Waals surface area contributed by atoms with Gasteiger partial charge in [-0.1, -0.05) is 32.0 Å². The maximum Gasteiger partial charge on any atom is 0.329 e. The number of hydrogen-bond donors (Lipinski definition) is 2. The summed E-state index contributed by atoms with van der Waals surface area (Å²) in [6.45, 7) is 8.95. The van der Waals surface area contributed by atoms with Crippen molar-refractivity contribution in [3.63, 3.8) is 0 Å². The van der Waals surface area contributed by atoms with Gasteiger partial charge in [0.25, 0.3) is 11.8 Å². The van der Waals surface area contributed by atoms with E-state index in [0.29, 0.717) is 10.6 Å². The summed E-state index contributed by atoms with van der Waals surface area (Å²) >= 11 is 1.29. The van der Waals surface area contributed by atoms with Crippen LogP contribution in [0.5, 0.6) is 0 Å². The van der Waals surface area contributed by atoms with Crippen molar-refractivity contribution in [3.8, 4) is 0 Å². The Morgan fingerprint density at radius 3 is 2.39 bits per heavy atom. The minimum atomic E-state index is -0.993. The topological polar surface area (TPSA) is 84.5 Å². The molecule has 0 saturated heterocycles. The molecule has 0 aliphatic carbocycles. The summed E-state index contributed by atoms with van der Waals surface area (Å²) in [6.07, 6.45) is -0.993. The Morgan fingerprint density at radius 1 is 1.07 bits per heavy atom. The molecule has 1 heterocycles. The molecule has 2 rings (SSSR count). The molecule has 28 heavy (non-hydrogen) atoms. The van der Waals surface area contributed by atoms with Gasteiger partial charge in [0, 0.05) is 5.69 Å². The number of aryl methyl sites for hydroxylation is 2. The molecule has 2 atom stereocenters. The van der Waals surface area contributed by atoms with Crippen LogP contribution in [0.25, 0.3) is 0 Å². The maximum absolute atomic E-state index is 12.6. The van der Waals surface area contributed by atoms with Crippen molar-refractivity contribution >= 4 is 34.8 Å². The van der Waals surface area contributed by atoms with Crippen LogP contribution in [-0.4, -0.2) is 29.9 Å². The van der Waals surface area contributed by atoms with Gasteiger partial charge in [-0.2, -0.15) is 0 Å². The zero-order valence-electron chi connectivity index (χ0n) is 16.7. The van der Waals surface area contributed by atoms with Crippen LogP contribution in [0.15, 0.2) is 35.7 Å². The Balaban J connectivity index is 2.00. The number of benzene rings is 1. The first kappa shape index (κ1) is 21.6.